The van der Waals surface area contributed by atoms with E-state index >= 15 is 0 Å². The van der Waals surface area contributed by atoms with Gasteiger partial charge in [-0.3, -0.25) is 14.4 Å². The first kappa shape index (κ1) is 18.8. The number of para-hydroxylation sites is 1. The fraction of sp³-hybridized carbons (Fsp3) is 0.158. The Balaban J connectivity index is 1.48. The highest BCUT2D eigenvalue weighted by atomic mass is 79.9. The average molecular weight is 429 g/mol. The summed E-state index contributed by atoms with van der Waals surface area (Å²) in [6.07, 6.45) is 0.547. The number of nitrogens with one attached hydrogen (secondary N) is 3. The zero-order valence-corrected chi connectivity index (χ0v) is 15.9. The number of rotatable bonds is 6. The summed E-state index contributed by atoms with van der Waals surface area (Å²) in [5.74, 6) is -0.663. The van der Waals surface area contributed by atoms with E-state index < -0.39 is 5.91 Å². The predicted octanol–water partition coefficient (Wildman–Crippen LogP) is 2.24. The SMILES string of the molecule is O=C(NCCCNC(=O)c1nc2ccccc2c(=O)[nH]1)c1ccc(Br)cc1. The van der Waals surface area contributed by atoms with Crippen molar-refractivity contribution >= 4 is 38.6 Å². The molecule has 0 aliphatic heterocycles. The first-order valence-electron chi connectivity index (χ1n) is 8.35. The normalized spacial score (nSPS) is 10.6. The molecule has 0 radical (unpaired) electrons. The highest BCUT2D eigenvalue weighted by Gasteiger charge is 2.11. The molecule has 2 aromatic carbocycles. The fourth-order valence-corrected chi connectivity index (χ4v) is 2.74. The molecule has 3 aromatic rings. The van der Waals surface area contributed by atoms with Crippen molar-refractivity contribution in [3.05, 3.63) is 74.7 Å². The van der Waals surface area contributed by atoms with Gasteiger partial charge in [0.25, 0.3) is 17.4 Å². The Labute approximate surface area is 163 Å². The van der Waals surface area contributed by atoms with Crippen LogP contribution < -0.4 is 16.2 Å². The first-order chi connectivity index (χ1) is 13.0. The highest BCUT2D eigenvalue weighted by molar-refractivity contribution is 9.10. The number of H-pyrrole nitrogens is 1. The zero-order chi connectivity index (χ0) is 19.2. The molecule has 0 unspecified atom stereocenters. The van der Waals surface area contributed by atoms with Gasteiger partial charge in [0.05, 0.1) is 10.9 Å². The lowest BCUT2D eigenvalue weighted by Crippen LogP contribution is -2.31. The number of carbonyl (C=O) groups is 2. The molecule has 0 spiro atoms. The van der Waals surface area contributed by atoms with Gasteiger partial charge in [-0.2, -0.15) is 0 Å². The van der Waals surface area contributed by atoms with Crippen molar-refractivity contribution in [3.8, 4) is 0 Å². The highest BCUT2D eigenvalue weighted by Crippen LogP contribution is 2.10. The second-order valence-corrected chi connectivity index (χ2v) is 6.72. The maximum atomic E-state index is 12.2. The number of nitrogens with zero attached hydrogens (tertiary/aromatic N) is 1. The van der Waals surface area contributed by atoms with Crippen molar-refractivity contribution in [2.24, 2.45) is 0 Å². The van der Waals surface area contributed by atoms with Gasteiger partial charge in [-0.05, 0) is 42.8 Å². The molecular weight excluding hydrogens is 412 g/mol. The van der Waals surface area contributed by atoms with Crippen LogP contribution >= 0.6 is 15.9 Å². The van der Waals surface area contributed by atoms with Crippen LogP contribution in [0, 0.1) is 0 Å². The number of amides is 2. The quantitative estimate of drug-likeness (QED) is 0.523. The third-order valence-corrected chi connectivity index (χ3v) is 4.39. The van der Waals surface area contributed by atoms with Crippen molar-refractivity contribution in [3.63, 3.8) is 0 Å². The van der Waals surface area contributed by atoms with Crippen LogP contribution in [0.2, 0.25) is 0 Å². The molecule has 0 saturated heterocycles. The molecule has 0 aliphatic carbocycles. The van der Waals surface area contributed by atoms with Gasteiger partial charge in [0.1, 0.15) is 0 Å². The van der Waals surface area contributed by atoms with E-state index in [-0.39, 0.29) is 17.3 Å². The van der Waals surface area contributed by atoms with Gasteiger partial charge in [0.2, 0.25) is 0 Å². The fourth-order valence-electron chi connectivity index (χ4n) is 2.47. The maximum Gasteiger partial charge on any atom is 0.287 e. The van der Waals surface area contributed by atoms with Crippen molar-refractivity contribution in [2.45, 2.75) is 6.42 Å². The lowest BCUT2D eigenvalue weighted by atomic mass is 10.2. The minimum Gasteiger partial charge on any atom is -0.352 e. The van der Waals surface area contributed by atoms with E-state index in [4.69, 9.17) is 0 Å². The van der Waals surface area contributed by atoms with E-state index in [1.54, 1.807) is 48.5 Å². The summed E-state index contributed by atoms with van der Waals surface area (Å²) in [5, 5.41) is 5.90. The van der Waals surface area contributed by atoms with Crippen LogP contribution in [0.4, 0.5) is 0 Å². The number of aromatic nitrogens is 2. The molecule has 0 aliphatic rings. The largest absolute Gasteiger partial charge is 0.352 e. The van der Waals surface area contributed by atoms with Crippen molar-refractivity contribution in [1.82, 2.24) is 20.6 Å². The molecule has 0 bridgehead atoms. The van der Waals surface area contributed by atoms with E-state index in [2.05, 4.69) is 36.5 Å². The summed E-state index contributed by atoms with van der Waals surface area (Å²) in [7, 11) is 0. The molecule has 0 atom stereocenters. The molecule has 2 amide bonds. The topological polar surface area (TPSA) is 104 Å². The van der Waals surface area contributed by atoms with E-state index in [0.717, 1.165) is 4.47 Å². The number of fused-ring (bicyclic) bond motifs is 1. The monoisotopic (exact) mass is 428 g/mol. The van der Waals surface area contributed by atoms with Crippen molar-refractivity contribution in [2.75, 3.05) is 13.1 Å². The number of benzene rings is 2. The second-order valence-electron chi connectivity index (χ2n) is 5.80. The van der Waals surface area contributed by atoms with Gasteiger partial charge < -0.3 is 15.6 Å². The maximum absolute atomic E-state index is 12.2. The Morgan fingerprint density at radius 1 is 0.963 bits per heavy atom. The van der Waals surface area contributed by atoms with Gasteiger partial charge in [-0.15, -0.1) is 0 Å². The van der Waals surface area contributed by atoms with Crippen LogP contribution in [-0.2, 0) is 0 Å². The van der Waals surface area contributed by atoms with Crippen LogP contribution in [0.3, 0.4) is 0 Å². The van der Waals surface area contributed by atoms with E-state index in [9.17, 15) is 14.4 Å². The number of hydrogen-bond acceptors (Lipinski definition) is 4. The van der Waals surface area contributed by atoms with Gasteiger partial charge >= 0.3 is 0 Å². The smallest absolute Gasteiger partial charge is 0.287 e. The van der Waals surface area contributed by atoms with Crippen LogP contribution in [0.15, 0.2) is 57.8 Å². The summed E-state index contributed by atoms with van der Waals surface area (Å²) in [5.41, 5.74) is 0.681. The summed E-state index contributed by atoms with van der Waals surface area (Å²) in [6.45, 7) is 0.757. The third kappa shape index (κ3) is 4.79. The number of aromatic amines is 1. The standard InChI is InChI=1S/C19H17BrN4O3/c20-13-8-6-12(7-9-13)17(25)21-10-3-11-22-19(27)16-23-15-5-2-1-4-14(15)18(26)24-16/h1-2,4-9H,3,10-11H2,(H,21,25)(H,22,27)(H,23,24,26). The van der Waals surface area contributed by atoms with Crippen LogP contribution in [0.5, 0.6) is 0 Å². The van der Waals surface area contributed by atoms with E-state index in [0.29, 0.717) is 36.0 Å². The van der Waals surface area contributed by atoms with Gasteiger partial charge in [-0.25, -0.2) is 4.98 Å². The van der Waals surface area contributed by atoms with Crippen LogP contribution in [0.1, 0.15) is 27.4 Å². The Bertz CT molecular complexity index is 1030. The number of carbonyl (C=O) groups excluding carboxylic acids is 2. The zero-order valence-electron chi connectivity index (χ0n) is 14.3. The molecular formula is C19H17BrN4O3. The van der Waals surface area contributed by atoms with Gasteiger partial charge in [-0.1, -0.05) is 28.1 Å². The van der Waals surface area contributed by atoms with Crippen molar-refractivity contribution in [1.29, 1.82) is 0 Å². The Kier molecular flexibility index (Phi) is 5.97. The second kappa shape index (κ2) is 8.59. The summed E-state index contributed by atoms with van der Waals surface area (Å²) < 4.78 is 0.905. The molecule has 7 nitrogen and oxygen atoms in total. The van der Waals surface area contributed by atoms with Gasteiger partial charge in [0.15, 0.2) is 5.82 Å². The van der Waals surface area contributed by atoms with Gasteiger partial charge in [0, 0.05) is 23.1 Å². The minimum absolute atomic E-state index is 0.0300. The summed E-state index contributed by atoms with van der Waals surface area (Å²) in [6, 6.07) is 13.9. The molecule has 0 fully saturated rings. The Hall–Kier alpha value is -3.00. The lowest BCUT2D eigenvalue weighted by molar-refractivity contribution is 0.0942. The molecule has 3 rings (SSSR count). The number of halogens is 1. The molecule has 3 N–H and O–H groups in total. The molecule has 1 aromatic heterocycles. The summed E-state index contributed by atoms with van der Waals surface area (Å²) in [4.78, 5) is 42.8. The van der Waals surface area contributed by atoms with E-state index in [1.807, 2.05) is 0 Å². The third-order valence-electron chi connectivity index (χ3n) is 3.86. The van der Waals surface area contributed by atoms with E-state index in [1.165, 1.54) is 0 Å². The molecule has 8 heteroatoms. The minimum atomic E-state index is -0.461. The summed E-state index contributed by atoms with van der Waals surface area (Å²) >= 11 is 3.32. The molecule has 0 saturated carbocycles. The van der Waals surface area contributed by atoms with Crippen LogP contribution in [-0.4, -0.2) is 34.9 Å². The number of hydrogen-bond donors (Lipinski definition) is 3. The lowest BCUT2D eigenvalue weighted by Gasteiger charge is -2.07. The molecule has 138 valence electrons. The average Bonchev–Trinajstić information content (AvgIpc) is 2.68. The first-order valence-corrected chi connectivity index (χ1v) is 9.15. The van der Waals surface area contributed by atoms with Crippen LogP contribution in [0.25, 0.3) is 10.9 Å². The molecule has 27 heavy (non-hydrogen) atoms. The van der Waals surface area contributed by atoms with Crippen molar-refractivity contribution < 1.29 is 9.59 Å². The predicted molar refractivity (Wildman–Crippen MR) is 106 cm³/mol. The Morgan fingerprint density at radius 2 is 1.63 bits per heavy atom. The Morgan fingerprint density at radius 3 is 2.37 bits per heavy atom. The molecule has 1 heterocycles.